The monoisotopic (exact) mass is 496 g/mol. The fourth-order valence-corrected chi connectivity index (χ4v) is 4.41. The molecule has 1 saturated carbocycles. The van der Waals surface area contributed by atoms with Crippen molar-refractivity contribution in [2.45, 2.75) is 57.7 Å². The summed E-state index contributed by atoms with van der Waals surface area (Å²) in [6.45, 7) is 1.89. The average molecular weight is 498 g/mol. The van der Waals surface area contributed by atoms with Gasteiger partial charge in [0.05, 0.1) is 10.0 Å². The Morgan fingerprint density at radius 3 is 2.50 bits per heavy atom. The normalized spacial score (nSPS) is 14.8. The van der Waals surface area contributed by atoms with Gasteiger partial charge in [-0.15, -0.1) is 0 Å². The van der Waals surface area contributed by atoms with Crippen LogP contribution in [0.25, 0.3) is 0 Å². The first-order valence-electron chi connectivity index (χ1n) is 10.8. The number of halogens is 3. The lowest BCUT2D eigenvalue weighted by Gasteiger charge is -2.31. The lowest BCUT2D eigenvalue weighted by Crippen LogP contribution is -2.52. The molecule has 1 N–H and O–H groups in total. The molecule has 5 nitrogen and oxygen atoms in total. The Balaban J connectivity index is 1.78. The number of hydrogen-bond acceptors (Lipinski definition) is 3. The van der Waals surface area contributed by atoms with Gasteiger partial charge >= 0.3 is 0 Å². The molecule has 32 heavy (non-hydrogen) atoms. The van der Waals surface area contributed by atoms with Crippen LogP contribution in [0.15, 0.2) is 42.5 Å². The molecule has 1 atom stereocenters. The van der Waals surface area contributed by atoms with E-state index in [0.29, 0.717) is 27.2 Å². The molecule has 1 aliphatic carbocycles. The number of carbonyl (C=O) groups is 2. The average Bonchev–Trinajstić information content (AvgIpc) is 3.27. The number of rotatable bonds is 9. The summed E-state index contributed by atoms with van der Waals surface area (Å²) >= 11 is 18.2. The van der Waals surface area contributed by atoms with Crippen molar-refractivity contribution in [3.8, 4) is 5.75 Å². The highest BCUT2D eigenvalue weighted by Gasteiger charge is 2.31. The fraction of sp³-hybridized carbons (Fsp3) is 0.417. The number of ether oxygens (including phenoxy) is 1. The van der Waals surface area contributed by atoms with E-state index in [1.54, 1.807) is 47.4 Å². The fourth-order valence-electron chi connectivity index (χ4n) is 3.91. The van der Waals surface area contributed by atoms with Crippen LogP contribution in [0.1, 0.15) is 44.6 Å². The Kier molecular flexibility index (Phi) is 9.09. The van der Waals surface area contributed by atoms with Crippen LogP contribution in [0.3, 0.4) is 0 Å². The highest BCUT2D eigenvalue weighted by molar-refractivity contribution is 6.42. The highest BCUT2D eigenvalue weighted by atomic mass is 35.5. The smallest absolute Gasteiger partial charge is 0.261 e. The van der Waals surface area contributed by atoms with Gasteiger partial charge in [0.15, 0.2) is 6.61 Å². The van der Waals surface area contributed by atoms with Crippen LogP contribution in [0.5, 0.6) is 5.75 Å². The van der Waals surface area contributed by atoms with Crippen molar-refractivity contribution in [1.29, 1.82) is 0 Å². The highest BCUT2D eigenvalue weighted by Crippen LogP contribution is 2.25. The Morgan fingerprint density at radius 1 is 1.09 bits per heavy atom. The Hall–Kier alpha value is -1.95. The molecule has 2 amide bonds. The number of amides is 2. The molecule has 2 aromatic carbocycles. The molecule has 0 bridgehead atoms. The molecule has 0 unspecified atom stereocenters. The van der Waals surface area contributed by atoms with Crippen molar-refractivity contribution < 1.29 is 14.3 Å². The molecule has 8 heteroatoms. The van der Waals surface area contributed by atoms with Gasteiger partial charge in [-0.05, 0) is 55.2 Å². The summed E-state index contributed by atoms with van der Waals surface area (Å²) < 4.78 is 5.66. The largest absolute Gasteiger partial charge is 0.484 e. The maximum absolute atomic E-state index is 13.2. The van der Waals surface area contributed by atoms with Crippen LogP contribution in [0.4, 0.5) is 0 Å². The molecule has 0 aliphatic heterocycles. The Morgan fingerprint density at radius 2 is 1.84 bits per heavy atom. The molecule has 0 saturated heterocycles. The summed E-state index contributed by atoms with van der Waals surface area (Å²) in [5.74, 6) is 0.0452. The van der Waals surface area contributed by atoms with Crippen LogP contribution < -0.4 is 10.1 Å². The van der Waals surface area contributed by atoms with Crippen molar-refractivity contribution in [1.82, 2.24) is 10.2 Å². The number of nitrogens with one attached hydrogen (secondary N) is 1. The quantitative estimate of drug-likeness (QED) is 0.470. The zero-order valence-electron chi connectivity index (χ0n) is 18.0. The lowest BCUT2D eigenvalue weighted by molar-refractivity contribution is -0.143. The maximum Gasteiger partial charge on any atom is 0.261 e. The van der Waals surface area contributed by atoms with Gasteiger partial charge in [0, 0.05) is 17.6 Å². The first-order chi connectivity index (χ1) is 15.4. The van der Waals surface area contributed by atoms with Gasteiger partial charge in [-0.2, -0.15) is 0 Å². The molecule has 1 fully saturated rings. The summed E-state index contributed by atoms with van der Waals surface area (Å²) in [4.78, 5) is 27.9. The summed E-state index contributed by atoms with van der Waals surface area (Å²) in [5, 5.41) is 4.47. The zero-order valence-corrected chi connectivity index (χ0v) is 20.2. The van der Waals surface area contributed by atoms with E-state index in [1.807, 2.05) is 6.92 Å². The molecular weight excluding hydrogens is 471 g/mol. The molecule has 172 valence electrons. The van der Waals surface area contributed by atoms with Gasteiger partial charge in [-0.25, -0.2) is 0 Å². The second kappa shape index (κ2) is 11.8. The van der Waals surface area contributed by atoms with Crippen LogP contribution in [-0.4, -0.2) is 35.4 Å². The first-order valence-corrected chi connectivity index (χ1v) is 11.9. The minimum Gasteiger partial charge on any atom is -0.484 e. The van der Waals surface area contributed by atoms with Crippen LogP contribution in [0.2, 0.25) is 15.1 Å². The molecule has 2 aromatic rings. The van der Waals surface area contributed by atoms with Gasteiger partial charge < -0.3 is 15.0 Å². The van der Waals surface area contributed by atoms with Crippen LogP contribution >= 0.6 is 34.8 Å². The van der Waals surface area contributed by atoms with Crippen molar-refractivity contribution >= 4 is 46.6 Å². The van der Waals surface area contributed by atoms with E-state index >= 15 is 0 Å². The van der Waals surface area contributed by atoms with E-state index in [9.17, 15) is 9.59 Å². The topological polar surface area (TPSA) is 58.6 Å². The Labute approximate surface area is 204 Å². The predicted octanol–water partition coefficient (Wildman–Crippen LogP) is 5.89. The second-order valence-electron chi connectivity index (χ2n) is 7.93. The molecular formula is C24H27Cl3N2O3. The summed E-state index contributed by atoms with van der Waals surface area (Å²) in [5.41, 5.74) is 0.780. The van der Waals surface area contributed by atoms with E-state index < -0.39 is 6.04 Å². The standard InChI is InChI=1S/C24H27Cl3N2O3/c1-2-22(24(31)28-18-7-3-4-8-18)29(14-16-10-11-20(26)21(27)12-16)23(30)15-32-19-9-5-6-17(25)13-19/h5-6,9-13,18,22H,2-4,7-8,14-15H2,1H3,(H,28,31)/t22-/m1/s1. The number of nitrogens with zero attached hydrogens (tertiary/aromatic N) is 1. The molecule has 0 heterocycles. The second-order valence-corrected chi connectivity index (χ2v) is 9.18. The van der Waals surface area contributed by atoms with Crippen molar-refractivity contribution in [2.24, 2.45) is 0 Å². The zero-order chi connectivity index (χ0) is 23.1. The van der Waals surface area contributed by atoms with Crippen molar-refractivity contribution in [3.05, 3.63) is 63.1 Å². The van der Waals surface area contributed by atoms with E-state index in [2.05, 4.69) is 5.32 Å². The molecule has 3 rings (SSSR count). The van der Waals surface area contributed by atoms with E-state index in [4.69, 9.17) is 39.5 Å². The number of carbonyl (C=O) groups excluding carboxylic acids is 2. The third-order valence-electron chi connectivity index (χ3n) is 5.58. The lowest BCUT2D eigenvalue weighted by atomic mass is 10.1. The molecule has 0 radical (unpaired) electrons. The third-order valence-corrected chi connectivity index (χ3v) is 6.56. The van der Waals surface area contributed by atoms with Gasteiger partial charge in [0.25, 0.3) is 5.91 Å². The van der Waals surface area contributed by atoms with Gasteiger partial charge in [0.1, 0.15) is 11.8 Å². The number of hydrogen-bond donors (Lipinski definition) is 1. The predicted molar refractivity (Wildman–Crippen MR) is 128 cm³/mol. The summed E-state index contributed by atoms with van der Waals surface area (Å²) in [6.07, 6.45) is 4.65. The Bertz CT molecular complexity index is 948. The summed E-state index contributed by atoms with van der Waals surface area (Å²) in [7, 11) is 0. The third kappa shape index (κ3) is 6.77. The molecule has 0 aromatic heterocycles. The number of benzene rings is 2. The van der Waals surface area contributed by atoms with Crippen LogP contribution in [-0.2, 0) is 16.1 Å². The van der Waals surface area contributed by atoms with Crippen molar-refractivity contribution in [2.75, 3.05) is 6.61 Å². The molecule has 1 aliphatic rings. The van der Waals surface area contributed by atoms with Gasteiger partial charge in [-0.3, -0.25) is 9.59 Å². The van der Waals surface area contributed by atoms with E-state index in [-0.39, 0.29) is 31.0 Å². The molecule has 0 spiro atoms. The summed E-state index contributed by atoms with van der Waals surface area (Å²) in [6, 6.07) is 11.6. The van der Waals surface area contributed by atoms with Gasteiger partial charge in [-0.1, -0.05) is 66.7 Å². The SMILES string of the molecule is CC[C@H](C(=O)NC1CCCC1)N(Cc1ccc(Cl)c(Cl)c1)C(=O)COc1cccc(Cl)c1. The van der Waals surface area contributed by atoms with Crippen LogP contribution in [0, 0.1) is 0 Å². The van der Waals surface area contributed by atoms with Crippen molar-refractivity contribution in [3.63, 3.8) is 0 Å². The van der Waals surface area contributed by atoms with Gasteiger partial charge in [0.2, 0.25) is 5.91 Å². The minimum atomic E-state index is -0.625. The first kappa shape index (κ1) is 24.7. The van der Waals surface area contributed by atoms with E-state index in [0.717, 1.165) is 31.2 Å². The van der Waals surface area contributed by atoms with E-state index in [1.165, 1.54) is 0 Å². The minimum absolute atomic E-state index is 0.143. The maximum atomic E-state index is 13.2.